The molecule has 5 aromatic rings. The molecule has 5 rings (SSSR count). The van der Waals surface area contributed by atoms with Gasteiger partial charge in [0.25, 0.3) is 0 Å². The van der Waals surface area contributed by atoms with E-state index < -0.39 is 0 Å². The van der Waals surface area contributed by atoms with Gasteiger partial charge in [-0.05, 0) is 56.7 Å². The van der Waals surface area contributed by atoms with Crippen LogP contribution in [0.4, 0.5) is 5.69 Å². The molecule has 0 amide bonds. The van der Waals surface area contributed by atoms with Gasteiger partial charge >= 0.3 is 0 Å². The van der Waals surface area contributed by atoms with Crippen LogP contribution < -0.4 is 16.5 Å². The number of nitrogens with zero attached hydrogens (tertiary/aromatic N) is 5. The van der Waals surface area contributed by atoms with Crippen LogP contribution in [0.5, 0.6) is 0 Å². The van der Waals surface area contributed by atoms with Crippen molar-refractivity contribution < 1.29 is 9.62 Å². The quantitative estimate of drug-likeness (QED) is 0.100. The topological polar surface area (TPSA) is 144 Å². The maximum Gasteiger partial charge on any atom is 0.196 e. The second-order valence-corrected chi connectivity index (χ2v) is 9.29. The molecule has 0 unspecified atom stereocenters. The van der Waals surface area contributed by atoms with Crippen LogP contribution in [0.2, 0.25) is 5.15 Å². The van der Waals surface area contributed by atoms with Crippen molar-refractivity contribution in [3.05, 3.63) is 80.4 Å². The summed E-state index contributed by atoms with van der Waals surface area (Å²) in [4.78, 5) is 22.3. The fourth-order valence-electron chi connectivity index (χ4n) is 4.39. The molecule has 37 heavy (non-hydrogen) atoms. The number of aromatic nitrogens is 4. The van der Waals surface area contributed by atoms with Crippen LogP contribution in [0, 0.1) is 13.8 Å². The Labute approximate surface area is 216 Å². The molecule has 0 fully saturated rings. The molecule has 0 aliphatic carbocycles. The Hall–Kier alpha value is -4.44. The van der Waals surface area contributed by atoms with Crippen molar-refractivity contribution >= 4 is 45.1 Å². The lowest BCUT2D eigenvalue weighted by molar-refractivity contribution is 0.318. The van der Waals surface area contributed by atoms with E-state index in [1.807, 2.05) is 45.3 Å². The van der Waals surface area contributed by atoms with Crippen LogP contribution in [0.15, 0.2) is 57.0 Å². The summed E-state index contributed by atoms with van der Waals surface area (Å²) in [5, 5.41) is 20.6. The van der Waals surface area contributed by atoms with Crippen LogP contribution in [0.25, 0.3) is 33.5 Å². The molecule has 11 heteroatoms. The average Bonchev–Trinajstić information content (AvgIpc) is 3.25. The fourth-order valence-corrected chi connectivity index (χ4v) is 4.54. The van der Waals surface area contributed by atoms with Gasteiger partial charge in [-0.2, -0.15) is 5.10 Å². The molecule has 0 saturated heterocycles. The molecule has 1 atom stereocenters. The van der Waals surface area contributed by atoms with Crippen LogP contribution in [-0.4, -0.2) is 30.8 Å². The number of anilines is 1. The van der Waals surface area contributed by atoms with E-state index in [9.17, 15) is 10.0 Å². The van der Waals surface area contributed by atoms with Crippen LogP contribution in [0.3, 0.4) is 0 Å². The monoisotopic (exact) mass is 517 g/mol. The van der Waals surface area contributed by atoms with Crippen molar-refractivity contribution in [2.45, 2.75) is 26.8 Å². The van der Waals surface area contributed by atoms with Crippen molar-refractivity contribution in [2.24, 2.45) is 17.9 Å². The number of oxime groups is 1. The standard InChI is InChI=1S/C26H24ClN7O3/c1-12-9-15(14(3)29-18-7-8-21(27)31-22(18)26(28)33-36)25-16(10-12)23(35)13(2)24(37-25)19-6-5-17-20(30-19)11-34(4)32-17/h5-11,14,29,36H,1-4H3,(H2,28,33)/t14-/m1/s1. The summed E-state index contributed by atoms with van der Waals surface area (Å²) in [6, 6.07) is 10.3. The Morgan fingerprint density at radius 1 is 1.19 bits per heavy atom. The van der Waals surface area contributed by atoms with E-state index in [2.05, 4.69) is 25.5 Å². The lowest BCUT2D eigenvalue weighted by Gasteiger charge is -2.20. The first kappa shape index (κ1) is 24.3. The van der Waals surface area contributed by atoms with Crippen molar-refractivity contribution in [3.8, 4) is 11.5 Å². The van der Waals surface area contributed by atoms with Gasteiger partial charge < -0.3 is 20.7 Å². The van der Waals surface area contributed by atoms with Gasteiger partial charge in [-0.3, -0.25) is 9.48 Å². The number of amidine groups is 1. The number of aryl methyl sites for hydroxylation is 2. The van der Waals surface area contributed by atoms with E-state index in [0.29, 0.717) is 39.2 Å². The highest BCUT2D eigenvalue weighted by Crippen LogP contribution is 2.32. The highest BCUT2D eigenvalue weighted by atomic mass is 35.5. The minimum Gasteiger partial charge on any atom is -0.454 e. The number of halogens is 1. The van der Waals surface area contributed by atoms with Gasteiger partial charge in [0.15, 0.2) is 17.0 Å². The van der Waals surface area contributed by atoms with E-state index in [1.165, 1.54) is 0 Å². The normalized spacial score (nSPS) is 12.8. The van der Waals surface area contributed by atoms with Crippen molar-refractivity contribution in [3.63, 3.8) is 0 Å². The lowest BCUT2D eigenvalue weighted by Crippen LogP contribution is -2.19. The van der Waals surface area contributed by atoms with Gasteiger partial charge in [0.05, 0.1) is 23.3 Å². The third kappa shape index (κ3) is 4.36. The van der Waals surface area contributed by atoms with E-state index >= 15 is 0 Å². The van der Waals surface area contributed by atoms with E-state index in [0.717, 1.165) is 16.6 Å². The Morgan fingerprint density at radius 2 is 1.97 bits per heavy atom. The summed E-state index contributed by atoms with van der Waals surface area (Å²) >= 11 is 6.02. The second kappa shape index (κ2) is 9.21. The molecule has 4 aromatic heterocycles. The number of pyridine rings is 2. The Bertz CT molecular complexity index is 1770. The van der Waals surface area contributed by atoms with Crippen LogP contribution in [-0.2, 0) is 7.05 Å². The number of fused-ring (bicyclic) bond motifs is 2. The minimum absolute atomic E-state index is 0.132. The van der Waals surface area contributed by atoms with Gasteiger partial charge in [0.2, 0.25) is 0 Å². The number of rotatable bonds is 5. The Kier molecular flexibility index (Phi) is 6.04. The second-order valence-electron chi connectivity index (χ2n) is 8.90. The van der Waals surface area contributed by atoms with E-state index in [-0.39, 0.29) is 28.2 Å². The smallest absolute Gasteiger partial charge is 0.196 e. The number of hydrogen-bond acceptors (Lipinski definition) is 8. The van der Waals surface area contributed by atoms with Crippen molar-refractivity contribution in [2.75, 3.05) is 5.32 Å². The van der Waals surface area contributed by atoms with E-state index in [1.54, 1.807) is 29.8 Å². The highest BCUT2D eigenvalue weighted by Gasteiger charge is 2.21. The summed E-state index contributed by atoms with van der Waals surface area (Å²) in [5.41, 5.74) is 10.9. The average molecular weight is 518 g/mol. The van der Waals surface area contributed by atoms with Gasteiger partial charge in [-0.15, -0.1) is 0 Å². The predicted octanol–water partition coefficient (Wildman–Crippen LogP) is 4.67. The molecule has 188 valence electrons. The number of nitrogens with two attached hydrogens (primary N) is 1. The molecular weight excluding hydrogens is 494 g/mol. The fraction of sp³-hybridized carbons (Fsp3) is 0.192. The molecule has 0 radical (unpaired) electrons. The Balaban J connectivity index is 1.66. The zero-order valence-corrected chi connectivity index (χ0v) is 21.3. The minimum atomic E-state index is -0.358. The number of nitrogens with one attached hydrogen (secondary N) is 1. The third-order valence-corrected chi connectivity index (χ3v) is 6.36. The highest BCUT2D eigenvalue weighted by molar-refractivity contribution is 6.29. The molecular formula is C26H24ClN7O3. The molecule has 0 spiro atoms. The molecule has 0 bridgehead atoms. The van der Waals surface area contributed by atoms with Gasteiger partial charge in [-0.1, -0.05) is 22.8 Å². The predicted molar refractivity (Wildman–Crippen MR) is 143 cm³/mol. The molecule has 1 aromatic carbocycles. The summed E-state index contributed by atoms with van der Waals surface area (Å²) in [7, 11) is 1.83. The summed E-state index contributed by atoms with van der Waals surface area (Å²) < 4.78 is 8.11. The molecule has 0 aliphatic rings. The van der Waals surface area contributed by atoms with Crippen molar-refractivity contribution in [1.29, 1.82) is 0 Å². The number of benzene rings is 1. The first-order valence-corrected chi connectivity index (χ1v) is 11.8. The maximum atomic E-state index is 13.5. The lowest BCUT2D eigenvalue weighted by atomic mass is 9.99. The summed E-state index contributed by atoms with van der Waals surface area (Å²) in [5.74, 6) is 0.207. The Morgan fingerprint density at radius 3 is 2.73 bits per heavy atom. The molecule has 0 saturated carbocycles. The summed E-state index contributed by atoms with van der Waals surface area (Å²) in [6.45, 7) is 5.57. The van der Waals surface area contributed by atoms with Gasteiger partial charge in [0, 0.05) is 18.2 Å². The number of hydrogen-bond donors (Lipinski definition) is 3. The van der Waals surface area contributed by atoms with E-state index in [4.69, 9.17) is 21.8 Å². The molecule has 0 aliphatic heterocycles. The summed E-state index contributed by atoms with van der Waals surface area (Å²) in [6.07, 6.45) is 1.81. The third-order valence-electron chi connectivity index (χ3n) is 6.15. The first-order chi connectivity index (χ1) is 17.7. The zero-order chi connectivity index (χ0) is 26.4. The van der Waals surface area contributed by atoms with Crippen LogP contribution >= 0.6 is 11.6 Å². The SMILES string of the molecule is Cc1cc([C@@H](C)Nc2ccc(Cl)nc2/C(N)=N/O)c2oc(-c3ccc4nn(C)cc4n3)c(C)c(=O)c2c1. The van der Waals surface area contributed by atoms with Gasteiger partial charge in [-0.25, -0.2) is 9.97 Å². The largest absolute Gasteiger partial charge is 0.454 e. The molecule has 10 nitrogen and oxygen atoms in total. The van der Waals surface area contributed by atoms with Crippen molar-refractivity contribution in [1.82, 2.24) is 19.7 Å². The first-order valence-electron chi connectivity index (χ1n) is 11.5. The molecule has 4 N–H and O–H groups in total. The van der Waals surface area contributed by atoms with Crippen LogP contribution in [0.1, 0.15) is 35.3 Å². The van der Waals surface area contributed by atoms with Gasteiger partial charge in [0.1, 0.15) is 33.2 Å². The zero-order valence-electron chi connectivity index (χ0n) is 20.6. The molecule has 4 heterocycles. The maximum absolute atomic E-state index is 13.5.